The van der Waals surface area contributed by atoms with E-state index in [0.29, 0.717) is 11.9 Å². The average Bonchev–Trinajstić information content (AvgIpc) is 3.34. The Labute approximate surface area is 167 Å². The van der Waals surface area contributed by atoms with Crippen LogP contribution in [0.15, 0.2) is 46.8 Å². The quantitative estimate of drug-likeness (QED) is 0.609. The molecule has 1 aliphatic heterocycles. The molecule has 1 atom stereocenters. The molecule has 0 amide bonds. The molecule has 3 aromatic heterocycles. The molecule has 0 saturated carbocycles. The van der Waals surface area contributed by atoms with Gasteiger partial charge in [-0.2, -0.15) is 23.0 Å². The number of hydrogen-bond acceptors (Lipinski definition) is 5. The SMILES string of the molecule is O=c1c(Cl)c(N2CCC[C@H]2c2cccs2)cnn1-c1ccc(C(F)(F)F)cn1. The molecule has 0 N–H and O–H groups in total. The first-order chi connectivity index (χ1) is 13.4. The highest BCUT2D eigenvalue weighted by Crippen LogP contribution is 2.39. The molecule has 0 aromatic carbocycles. The average molecular weight is 427 g/mol. The van der Waals surface area contributed by atoms with Gasteiger partial charge in [0.15, 0.2) is 5.82 Å². The molecule has 1 aliphatic rings. The summed E-state index contributed by atoms with van der Waals surface area (Å²) >= 11 is 7.98. The van der Waals surface area contributed by atoms with Crippen molar-refractivity contribution in [1.29, 1.82) is 0 Å². The van der Waals surface area contributed by atoms with Gasteiger partial charge in [0, 0.05) is 17.6 Å². The van der Waals surface area contributed by atoms with Crippen molar-refractivity contribution in [3.05, 3.63) is 67.9 Å². The Balaban J connectivity index is 1.69. The van der Waals surface area contributed by atoms with Crippen LogP contribution in [-0.4, -0.2) is 21.3 Å². The number of rotatable bonds is 3. The van der Waals surface area contributed by atoms with Gasteiger partial charge in [-0.05, 0) is 36.4 Å². The van der Waals surface area contributed by atoms with Gasteiger partial charge in [0.05, 0.1) is 23.5 Å². The zero-order valence-corrected chi connectivity index (χ0v) is 15.9. The third-order valence-corrected chi connectivity index (χ3v) is 5.96. The van der Waals surface area contributed by atoms with Crippen LogP contribution in [-0.2, 0) is 6.18 Å². The van der Waals surface area contributed by atoms with Gasteiger partial charge in [0.1, 0.15) is 5.02 Å². The zero-order valence-electron chi connectivity index (χ0n) is 14.4. The Morgan fingerprint density at radius 1 is 1.21 bits per heavy atom. The van der Waals surface area contributed by atoms with E-state index in [1.165, 1.54) is 11.1 Å². The lowest BCUT2D eigenvalue weighted by Gasteiger charge is -2.26. The number of halogens is 4. The normalized spacial score (nSPS) is 17.3. The molecule has 3 aromatic rings. The summed E-state index contributed by atoms with van der Waals surface area (Å²) in [7, 11) is 0. The summed E-state index contributed by atoms with van der Waals surface area (Å²) < 4.78 is 39.0. The van der Waals surface area contributed by atoms with E-state index in [2.05, 4.69) is 10.1 Å². The van der Waals surface area contributed by atoms with Gasteiger partial charge < -0.3 is 4.90 Å². The Morgan fingerprint density at radius 2 is 2.04 bits per heavy atom. The first-order valence-corrected chi connectivity index (χ1v) is 9.73. The second kappa shape index (κ2) is 7.21. The van der Waals surface area contributed by atoms with Gasteiger partial charge in [0.2, 0.25) is 0 Å². The summed E-state index contributed by atoms with van der Waals surface area (Å²) in [4.78, 5) is 19.6. The molecule has 28 heavy (non-hydrogen) atoms. The molecule has 5 nitrogen and oxygen atoms in total. The van der Waals surface area contributed by atoms with Gasteiger partial charge in [-0.3, -0.25) is 4.79 Å². The largest absolute Gasteiger partial charge is 0.417 e. The lowest BCUT2D eigenvalue weighted by atomic mass is 10.2. The number of aromatic nitrogens is 3. The molecule has 0 bridgehead atoms. The van der Waals surface area contributed by atoms with Crippen LogP contribution >= 0.6 is 22.9 Å². The van der Waals surface area contributed by atoms with Crippen LogP contribution in [0.3, 0.4) is 0 Å². The van der Waals surface area contributed by atoms with Crippen molar-refractivity contribution in [2.24, 2.45) is 0 Å². The van der Waals surface area contributed by atoms with Crippen LogP contribution in [0.5, 0.6) is 0 Å². The molecular formula is C18H14ClF3N4OS. The second-order valence-corrected chi connectivity index (χ2v) is 7.69. The molecule has 0 spiro atoms. The topological polar surface area (TPSA) is 51.0 Å². The Morgan fingerprint density at radius 3 is 2.68 bits per heavy atom. The number of hydrogen-bond donors (Lipinski definition) is 0. The first kappa shape index (κ1) is 18.9. The van der Waals surface area contributed by atoms with Crippen molar-refractivity contribution >= 4 is 28.6 Å². The Hall–Kier alpha value is -2.39. The van der Waals surface area contributed by atoms with Crippen molar-refractivity contribution in [2.75, 3.05) is 11.4 Å². The number of thiophene rings is 1. The lowest BCUT2D eigenvalue weighted by Crippen LogP contribution is -2.28. The summed E-state index contributed by atoms with van der Waals surface area (Å²) in [5, 5.41) is 6.07. The van der Waals surface area contributed by atoms with Crippen LogP contribution in [0.1, 0.15) is 29.3 Å². The minimum Gasteiger partial charge on any atom is -0.361 e. The smallest absolute Gasteiger partial charge is 0.361 e. The molecule has 1 saturated heterocycles. The van der Waals surface area contributed by atoms with Crippen LogP contribution in [0.25, 0.3) is 5.82 Å². The van der Waals surface area contributed by atoms with E-state index >= 15 is 0 Å². The summed E-state index contributed by atoms with van der Waals surface area (Å²) in [5.74, 6) is -0.0253. The first-order valence-electron chi connectivity index (χ1n) is 8.48. The highest BCUT2D eigenvalue weighted by Gasteiger charge is 2.31. The van der Waals surface area contributed by atoms with Gasteiger partial charge in [-0.1, -0.05) is 17.7 Å². The molecule has 0 unspecified atom stereocenters. The van der Waals surface area contributed by atoms with E-state index in [1.807, 2.05) is 22.4 Å². The maximum Gasteiger partial charge on any atom is 0.417 e. The van der Waals surface area contributed by atoms with Gasteiger partial charge in [-0.15, -0.1) is 11.3 Å². The van der Waals surface area contributed by atoms with Gasteiger partial charge >= 0.3 is 6.18 Å². The van der Waals surface area contributed by atoms with Crippen LogP contribution in [0.2, 0.25) is 5.02 Å². The summed E-state index contributed by atoms with van der Waals surface area (Å²) in [6, 6.07) is 6.09. The minimum absolute atomic E-state index is 0.0253. The van der Waals surface area contributed by atoms with Crippen LogP contribution in [0, 0.1) is 0 Å². The van der Waals surface area contributed by atoms with Gasteiger partial charge in [-0.25, -0.2) is 4.98 Å². The van der Waals surface area contributed by atoms with Crippen molar-refractivity contribution in [1.82, 2.24) is 14.8 Å². The summed E-state index contributed by atoms with van der Waals surface area (Å²) in [6.07, 6.45) is -0.464. The second-order valence-electron chi connectivity index (χ2n) is 6.33. The highest BCUT2D eigenvalue weighted by atomic mass is 35.5. The molecule has 4 rings (SSSR count). The van der Waals surface area contributed by atoms with E-state index in [-0.39, 0.29) is 16.9 Å². The van der Waals surface area contributed by atoms with E-state index < -0.39 is 17.3 Å². The van der Waals surface area contributed by atoms with E-state index in [1.54, 1.807) is 11.3 Å². The predicted molar refractivity (Wildman–Crippen MR) is 101 cm³/mol. The molecule has 0 radical (unpaired) electrons. The van der Waals surface area contributed by atoms with E-state index in [0.717, 1.165) is 36.2 Å². The monoisotopic (exact) mass is 426 g/mol. The van der Waals surface area contributed by atoms with Crippen molar-refractivity contribution in [3.8, 4) is 5.82 Å². The van der Waals surface area contributed by atoms with E-state index in [4.69, 9.17) is 11.6 Å². The molecular weight excluding hydrogens is 413 g/mol. The zero-order chi connectivity index (χ0) is 19.9. The highest BCUT2D eigenvalue weighted by molar-refractivity contribution is 7.10. The maximum absolute atomic E-state index is 12.7. The number of pyridine rings is 1. The van der Waals surface area contributed by atoms with Crippen LogP contribution < -0.4 is 10.5 Å². The Bertz CT molecular complexity index is 1030. The molecule has 10 heteroatoms. The van der Waals surface area contributed by atoms with Crippen molar-refractivity contribution in [2.45, 2.75) is 25.1 Å². The van der Waals surface area contributed by atoms with Crippen LogP contribution in [0.4, 0.5) is 18.9 Å². The minimum atomic E-state index is -4.50. The number of nitrogens with zero attached hydrogens (tertiary/aromatic N) is 4. The predicted octanol–water partition coefficient (Wildman–Crippen LogP) is 4.70. The van der Waals surface area contributed by atoms with Crippen molar-refractivity contribution in [3.63, 3.8) is 0 Å². The fourth-order valence-corrected chi connectivity index (χ4v) is 4.41. The molecule has 0 aliphatic carbocycles. The molecule has 1 fully saturated rings. The standard InChI is InChI=1S/C18H14ClF3N4OS/c19-16-13(25-7-1-3-12(25)14-4-2-8-28-14)10-24-26(17(16)27)15-6-5-11(9-23-15)18(20,21)22/h2,4-6,8-10,12H,1,3,7H2/t12-/m0/s1. The molecule has 4 heterocycles. The summed E-state index contributed by atoms with van der Waals surface area (Å²) in [5.41, 5.74) is -1.00. The third kappa shape index (κ3) is 3.40. The number of alkyl halides is 3. The third-order valence-electron chi connectivity index (χ3n) is 4.63. The lowest BCUT2D eigenvalue weighted by molar-refractivity contribution is -0.137. The van der Waals surface area contributed by atoms with Gasteiger partial charge in [0.25, 0.3) is 5.56 Å². The maximum atomic E-state index is 12.7. The fraction of sp³-hybridized carbons (Fsp3) is 0.278. The summed E-state index contributed by atoms with van der Waals surface area (Å²) in [6.45, 7) is 0.742. The molecule has 146 valence electrons. The van der Waals surface area contributed by atoms with Crippen molar-refractivity contribution < 1.29 is 13.2 Å². The number of anilines is 1. The fourth-order valence-electron chi connectivity index (χ4n) is 3.30. The van der Waals surface area contributed by atoms with E-state index in [9.17, 15) is 18.0 Å². The Kier molecular flexibility index (Phi) is 4.88.